The largest absolute Gasteiger partial charge is 0.328 e. The first-order chi connectivity index (χ1) is 8.06. The van der Waals surface area contributed by atoms with Crippen LogP contribution in [0, 0.1) is 5.92 Å². The maximum absolute atomic E-state index is 14.2. The van der Waals surface area contributed by atoms with Crippen molar-refractivity contribution in [1.29, 1.82) is 0 Å². The van der Waals surface area contributed by atoms with Crippen molar-refractivity contribution in [3.63, 3.8) is 0 Å². The Balaban J connectivity index is 3.44. The maximum atomic E-state index is 14.2. The Labute approximate surface area is 107 Å². The van der Waals surface area contributed by atoms with Gasteiger partial charge in [0.05, 0.1) is 0 Å². The van der Waals surface area contributed by atoms with E-state index in [1.165, 1.54) is 38.5 Å². The van der Waals surface area contributed by atoms with Crippen molar-refractivity contribution in [3.05, 3.63) is 0 Å². The zero-order valence-corrected chi connectivity index (χ0v) is 12.1. The summed E-state index contributed by atoms with van der Waals surface area (Å²) in [4.78, 5) is 0. The third-order valence-electron chi connectivity index (χ3n) is 3.82. The summed E-state index contributed by atoms with van der Waals surface area (Å²) in [6, 6.07) is 0. The maximum Gasteiger partial charge on any atom is 0.125 e. The summed E-state index contributed by atoms with van der Waals surface area (Å²) < 4.78 is 14.2. The van der Waals surface area contributed by atoms with Gasteiger partial charge in [-0.25, -0.2) is 4.39 Å². The van der Waals surface area contributed by atoms with E-state index in [1.54, 1.807) is 0 Å². The highest BCUT2D eigenvalue weighted by Gasteiger charge is 2.30. The fraction of sp³-hybridized carbons (Fsp3) is 1.00. The molecular weight excluding hydrogens is 213 g/mol. The molecule has 0 fully saturated rings. The van der Waals surface area contributed by atoms with Gasteiger partial charge in [-0.2, -0.15) is 0 Å². The topological polar surface area (TPSA) is 26.0 Å². The van der Waals surface area contributed by atoms with Crippen LogP contribution in [0.3, 0.4) is 0 Å². The highest BCUT2D eigenvalue weighted by atomic mass is 19.1. The van der Waals surface area contributed by atoms with Crippen molar-refractivity contribution in [3.8, 4) is 0 Å². The molecule has 0 aliphatic rings. The molecule has 0 radical (unpaired) electrons. The van der Waals surface area contributed by atoms with Gasteiger partial charge in [-0.3, -0.25) is 0 Å². The molecule has 2 N–H and O–H groups in total. The van der Waals surface area contributed by atoms with Gasteiger partial charge in [0.1, 0.15) is 5.67 Å². The molecule has 0 saturated carbocycles. The summed E-state index contributed by atoms with van der Waals surface area (Å²) in [5, 5.41) is 0. The average molecular weight is 245 g/mol. The number of hydrogen-bond donors (Lipinski definition) is 1. The summed E-state index contributed by atoms with van der Waals surface area (Å²) in [6.45, 7) is 6.26. The molecule has 0 amide bonds. The molecule has 1 unspecified atom stereocenters. The number of hydrogen-bond acceptors (Lipinski definition) is 1. The van der Waals surface area contributed by atoms with E-state index in [9.17, 15) is 4.39 Å². The first-order valence-corrected chi connectivity index (χ1v) is 7.45. The van der Waals surface area contributed by atoms with E-state index in [0.29, 0.717) is 6.42 Å². The Morgan fingerprint density at radius 2 is 1.41 bits per heavy atom. The van der Waals surface area contributed by atoms with Gasteiger partial charge in [-0.15, -0.1) is 0 Å². The summed E-state index contributed by atoms with van der Waals surface area (Å²) in [7, 11) is 0. The van der Waals surface area contributed by atoms with Crippen molar-refractivity contribution < 1.29 is 4.39 Å². The first kappa shape index (κ1) is 16.9. The van der Waals surface area contributed by atoms with Crippen molar-refractivity contribution in [1.82, 2.24) is 0 Å². The predicted octanol–water partition coefficient (Wildman–Crippen LogP) is 4.84. The Morgan fingerprint density at radius 1 is 0.941 bits per heavy atom. The quantitative estimate of drug-likeness (QED) is 0.518. The molecule has 0 aromatic rings. The molecule has 2 heteroatoms. The molecule has 1 atom stereocenters. The number of nitrogens with two attached hydrogens (primary N) is 1. The van der Waals surface area contributed by atoms with E-state index >= 15 is 0 Å². The number of rotatable bonds is 11. The van der Waals surface area contributed by atoms with Crippen molar-refractivity contribution >= 4 is 0 Å². The molecule has 104 valence electrons. The lowest BCUT2D eigenvalue weighted by Crippen LogP contribution is -2.38. The van der Waals surface area contributed by atoms with Crippen LogP contribution in [0.2, 0.25) is 0 Å². The smallest absolute Gasteiger partial charge is 0.125 e. The molecule has 0 aliphatic carbocycles. The minimum absolute atomic E-state index is 0.0389. The van der Waals surface area contributed by atoms with Gasteiger partial charge >= 0.3 is 0 Å². The monoisotopic (exact) mass is 245 g/mol. The van der Waals surface area contributed by atoms with Crippen LogP contribution in [0.25, 0.3) is 0 Å². The third kappa shape index (κ3) is 7.75. The number of unbranched alkanes of at least 4 members (excludes halogenated alkanes) is 7. The van der Waals surface area contributed by atoms with Crippen LogP contribution in [-0.4, -0.2) is 12.2 Å². The fourth-order valence-electron chi connectivity index (χ4n) is 2.18. The molecule has 17 heavy (non-hydrogen) atoms. The number of alkyl halides is 1. The van der Waals surface area contributed by atoms with E-state index < -0.39 is 5.67 Å². The third-order valence-corrected chi connectivity index (χ3v) is 3.82. The second-order valence-corrected chi connectivity index (χ2v) is 5.62. The zero-order valence-electron chi connectivity index (χ0n) is 12.1. The van der Waals surface area contributed by atoms with E-state index in [0.717, 1.165) is 12.8 Å². The molecule has 0 rings (SSSR count). The van der Waals surface area contributed by atoms with Gasteiger partial charge in [-0.1, -0.05) is 72.1 Å². The molecule has 1 nitrogen and oxygen atoms in total. The number of halogens is 1. The van der Waals surface area contributed by atoms with Gasteiger partial charge in [0, 0.05) is 6.54 Å². The minimum Gasteiger partial charge on any atom is -0.328 e. The van der Waals surface area contributed by atoms with Crippen molar-refractivity contribution in [2.75, 3.05) is 6.54 Å². The van der Waals surface area contributed by atoms with Gasteiger partial charge < -0.3 is 5.73 Å². The standard InChI is InChI=1S/C15H32FN/c1-4-5-6-7-8-9-10-11-12-15(16,13-17)14(2)3/h14H,4-13,17H2,1-3H3. The van der Waals surface area contributed by atoms with E-state index in [1.807, 2.05) is 13.8 Å². The van der Waals surface area contributed by atoms with Crippen LogP contribution in [-0.2, 0) is 0 Å². The second kappa shape index (κ2) is 9.87. The normalized spacial score (nSPS) is 15.2. The summed E-state index contributed by atoms with van der Waals surface area (Å²) in [5.74, 6) is 0.0389. The van der Waals surface area contributed by atoms with Crippen LogP contribution in [0.5, 0.6) is 0 Å². The van der Waals surface area contributed by atoms with Crippen LogP contribution < -0.4 is 5.73 Å². The minimum atomic E-state index is -1.14. The second-order valence-electron chi connectivity index (χ2n) is 5.62. The Kier molecular flexibility index (Phi) is 9.81. The summed E-state index contributed by atoms with van der Waals surface area (Å²) in [5.41, 5.74) is 4.39. The predicted molar refractivity (Wildman–Crippen MR) is 75.0 cm³/mol. The fourth-order valence-corrected chi connectivity index (χ4v) is 2.18. The molecule has 0 aliphatic heterocycles. The average Bonchev–Trinajstić information content (AvgIpc) is 2.32. The Bertz CT molecular complexity index is 170. The molecule has 0 bridgehead atoms. The molecule has 0 aromatic heterocycles. The van der Waals surface area contributed by atoms with E-state index in [-0.39, 0.29) is 12.5 Å². The van der Waals surface area contributed by atoms with Crippen molar-refractivity contribution in [2.24, 2.45) is 11.7 Å². The van der Waals surface area contributed by atoms with Crippen LogP contribution in [0.1, 0.15) is 78.6 Å². The van der Waals surface area contributed by atoms with Crippen LogP contribution in [0.15, 0.2) is 0 Å². The zero-order chi connectivity index (χ0) is 13.1. The molecular formula is C15H32FN. The van der Waals surface area contributed by atoms with Gasteiger partial charge in [-0.05, 0) is 12.3 Å². The molecule has 0 aromatic carbocycles. The van der Waals surface area contributed by atoms with Crippen molar-refractivity contribution in [2.45, 2.75) is 84.2 Å². The van der Waals surface area contributed by atoms with Crippen LogP contribution in [0.4, 0.5) is 4.39 Å². The molecule has 0 spiro atoms. The summed E-state index contributed by atoms with van der Waals surface area (Å²) >= 11 is 0. The lowest BCUT2D eigenvalue weighted by molar-refractivity contribution is 0.0952. The summed E-state index contributed by atoms with van der Waals surface area (Å²) in [6.07, 6.45) is 10.7. The Morgan fingerprint density at radius 3 is 1.82 bits per heavy atom. The highest BCUT2D eigenvalue weighted by Crippen LogP contribution is 2.27. The van der Waals surface area contributed by atoms with Gasteiger partial charge in [0.25, 0.3) is 0 Å². The van der Waals surface area contributed by atoms with Crippen LogP contribution >= 0.6 is 0 Å². The lowest BCUT2D eigenvalue weighted by atomic mass is 9.87. The lowest BCUT2D eigenvalue weighted by Gasteiger charge is -2.27. The highest BCUT2D eigenvalue weighted by molar-refractivity contribution is 4.83. The molecule has 0 heterocycles. The van der Waals surface area contributed by atoms with Gasteiger partial charge in [0.15, 0.2) is 0 Å². The Hall–Kier alpha value is -0.110. The van der Waals surface area contributed by atoms with E-state index in [2.05, 4.69) is 6.92 Å². The van der Waals surface area contributed by atoms with Gasteiger partial charge in [0.2, 0.25) is 0 Å². The SMILES string of the molecule is CCCCCCCCCCC(F)(CN)C(C)C. The molecule has 0 saturated heterocycles. The first-order valence-electron chi connectivity index (χ1n) is 7.45. The van der Waals surface area contributed by atoms with E-state index in [4.69, 9.17) is 5.73 Å².